The van der Waals surface area contributed by atoms with E-state index in [-0.39, 0.29) is 17.4 Å². The summed E-state index contributed by atoms with van der Waals surface area (Å²) in [6.45, 7) is -0.604. The number of carbonyl (C=O) groups is 3. The van der Waals surface area contributed by atoms with Crippen molar-refractivity contribution in [3.8, 4) is 0 Å². The lowest BCUT2D eigenvalue weighted by molar-refractivity contribution is -0.123. The summed E-state index contributed by atoms with van der Waals surface area (Å²) in [5.74, 6) is -1.72. The van der Waals surface area contributed by atoms with Gasteiger partial charge in [-0.3, -0.25) is 10.1 Å². The molecule has 2 N–H and O–H groups in total. The van der Waals surface area contributed by atoms with Gasteiger partial charge in [0, 0.05) is 12.3 Å². The summed E-state index contributed by atoms with van der Waals surface area (Å²) in [5, 5.41) is 4.62. The number of hydrogen-bond acceptors (Lipinski definition) is 6. The maximum Gasteiger partial charge on any atom is 0.338 e. The van der Waals surface area contributed by atoms with Gasteiger partial charge in [0.25, 0.3) is 5.91 Å². The smallest absolute Gasteiger partial charge is 0.338 e. The number of esters is 1. The van der Waals surface area contributed by atoms with Gasteiger partial charge in [0.05, 0.1) is 11.3 Å². The first-order valence-electron chi connectivity index (χ1n) is 7.27. The highest BCUT2D eigenvalue weighted by Gasteiger charge is 2.24. The van der Waals surface area contributed by atoms with Crippen LogP contribution in [0.4, 0.5) is 4.79 Å². The molecule has 0 unspecified atom stereocenters. The van der Waals surface area contributed by atoms with Crippen molar-refractivity contribution < 1.29 is 27.5 Å². The highest BCUT2D eigenvalue weighted by Crippen LogP contribution is 2.18. The van der Waals surface area contributed by atoms with Crippen LogP contribution < -0.4 is 10.6 Å². The largest absolute Gasteiger partial charge is 0.452 e. The molecule has 1 aromatic rings. The second-order valence-corrected chi connectivity index (χ2v) is 7.78. The zero-order valence-electron chi connectivity index (χ0n) is 13.1. The van der Waals surface area contributed by atoms with Crippen LogP contribution in [0.15, 0.2) is 24.3 Å². The Morgan fingerprint density at radius 3 is 2.58 bits per heavy atom. The van der Waals surface area contributed by atoms with Crippen molar-refractivity contribution in [2.24, 2.45) is 0 Å². The number of amides is 3. The molecular weight excluding hydrogens is 336 g/mol. The summed E-state index contributed by atoms with van der Waals surface area (Å²) in [7, 11) is -3.22. The number of nitrogens with one attached hydrogen (secondary N) is 2. The molecule has 0 saturated heterocycles. The van der Waals surface area contributed by atoms with Crippen LogP contribution in [0.2, 0.25) is 0 Å². The SMILES string of the molecule is CS(=O)(=O)Cc1cccc(C(=O)OCC(=O)NC(=O)NC2CC2)c1. The van der Waals surface area contributed by atoms with Crippen LogP contribution in [0.1, 0.15) is 28.8 Å². The third kappa shape index (κ3) is 6.37. The maximum absolute atomic E-state index is 11.9. The molecule has 3 amide bonds. The molecule has 0 atom stereocenters. The number of ether oxygens (including phenoxy) is 1. The molecule has 0 spiro atoms. The normalized spacial score (nSPS) is 13.9. The lowest BCUT2D eigenvalue weighted by atomic mass is 10.1. The van der Waals surface area contributed by atoms with E-state index in [1.807, 2.05) is 0 Å². The number of hydrogen-bond donors (Lipinski definition) is 2. The molecule has 8 nitrogen and oxygen atoms in total. The Labute approximate surface area is 139 Å². The van der Waals surface area contributed by atoms with E-state index in [0.29, 0.717) is 5.56 Å². The van der Waals surface area contributed by atoms with Crippen LogP contribution in [-0.4, -0.2) is 45.2 Å². The summed E-state index contributed by atoms with van der Waals surface area (Å²) in [5.41, 5.74) is 0.576. The third-order valence-corrected chi connectivity index (χ3v) is 3.95. The van der Waals surface area contributed by atoms with E-state index in [2.05, 4.69) is 10.6 Å². The van der Waals surface area contributed by atoms with Crippen LogP contribution in [0, 0.1) is 0 Å². The molecule has 130 valence electrons. The monoisotopic (exact) mass is 354 g/mol. The zero-order chi connectivity index (χ0) is 17.7. The highest BCUT2D eigenvalue weighted by molar-refractivity contribution is 7.89. The lowest BCUT2D eigenvalue weighted by Gasteiger charge is -2.07. The van der Waals surface area contributed by atoms with E-state index in [1.165, 1.54) is 18.2 Å². The Balaban J connectivity index is 1.84. The summed E-state index contributed by atoms with van der Waals surface area (Å²) in [4.78, 5) is 34.8. The Hall–Kier alpha value is -2.42. The molecule has 0 radical (unpaired) electrons. The number of sulfone groups is 1. The van der Waals surface area contributed by atoms with Crippen molar-refractivity contribution in [2.45, 2.75) is 24.6 Å². The van der Waals surface area contributed by atoms with Crippen molar-refractivity contribution >= 4 is 27.7 Å². The number of urea groups is 1. The van der Waals surface area contributed by atoms with Gasteiger partial charge >= 0.3 is 12.0 Å². The highest BCUT2D eigenvalue weighted by atomic mass is 32.2. The van der Waals surface area contributed by atoms with E-state index in [9.17, 15) is 22.8 Å². The standard InChI is InChI=1S/C15H18N2O6S/c1-24(21,22)9-10-3-2-4-11(7-10)14(19)23-8-13(18)17-15(20)16-12-5-6-12/h2-4,7,12H,5-6,8-9H2,1H3,(H2,16,17,18,20). The van der Waals surface area contributed by atoms with Gasteiger partial charge in [0.15, 0.2) is 16.4 Å². The average molecular weight is 354 g/mol. The minimum atomic E-state index is -3.22. The first kappa shape index (κ1) is 17.9. The van der Waals surface area contributed by atoms with Gasteiger partial charge < -0.3 is 10.1 Å². The van der Waals surface area contributed by atoms with E-state index in [1.54, 1.807) is 6.07 Å². The predicted molar refractivity (Wildman–Crippen MR) is 85.0 cm³/mol. The van der Waals surface area contributed by atoms with Gasteiger partial charge in [0.1, 0.15) is 0 Å². The Bertz CT molecular complexity index is 755. The quantitative estimate of drug-likeness (QED) is 0.713. The summed E-state index contributed by atoms with van der Waals surface area (Å²) >= 11 is 0. The second-order valence-electron chi connectivity index (χ2n) is 5.64. The fourth-order valence-corrected chi connectivity index (χ4v) is 2.70. The van der Waals surface area contributed by atoms with Gasteiger partial charge in [-0.15, -0.1) is 0 Å². The first-order chi connectivity index (χ1) is 11.2. The molecule has 1 aliphatic rings. The van der Waals surface area contributed by atoms with E-state index < -0.39 is 34.4 Å². The molecule has 0 aromatic heterocycles. The summed E-state index contributed by atoms with van der Waals surface area (Å²) in [6, 6.07) is 5.44. The summed E-state index contributed by atoms with van der Waals surface area (Å²) in [6.07, 6.45) is 2.87. The maximum atomic E-state index is 11.9. The van der Waals surface area contributed by atoms with Crippen molar-refractivity contribution in [1.82, 2.24) is 10.6 Å². The minimum Gasteiger partial charge on any atom is -0.452 e. The zero-order valence-corrected chi connectivity index (χ0v) is 13.9. The topological polar surface area (TPSA) is 119 Å². The molecule has 1 aromatic carbocycles. The predicted octanol–water partition coefficient (Wildman–Crippen LogP) is 0.376. The third-order valence-electron chi connectivity index (χ3n) is 3.09. The van der Waals surface area contributed by atoms with Crippen LogP contribution in [0.25, 0.3) is 0 Å². The molecular formula is C15H18N2O6S. The first-order valence-corrected chi connectivity index (χ1v) is 9.33. The van der Waals surface area contributed by atoms with Gasteiger partial charge in [-0.2, -0.15) is 0 Å². The van der Waals surface area contributed by atoms with Crippen molar-refractivity contribution in [2.75, 3.05) is 12.9 Å². The van der Waals surface area contributed by atoms with Crippen LogP contribution in [-0.2, 0) is 25.1 Å². The minimum absolute atomic E-state index is 0.109. The van der Waals surface area contributed by atoms with Crippen molar-refractivity contribution in [3.63, 3.8) is 0 Å². The Morgan fingerprint density at radius 1 is 1.25 bits per heavy atom. The number of benzene rings is 1. The molecule has 2 rings (SSSR count). The van der Waals surface area contributed by atoms with E-state index in [0.717, 1.165) is 19.1 Å². The molecule has 9 heteroatoms. The molecule has 1 saturated carbocycles. The fourth-order valence-electron chi connectivity index (χ4n) is 1.92. The van der Waals surface area contributed by atoms with Crippen molar-refractivity contribution in [1.29, 1.82) is 0 Å². The van der Waals surface area contributed by atoms with Crippen LogP contribution in [0.5, 0.6) is 0 Å². The van der Waals surface area contributed by atoms with Crippen LogP contribution in [0.3, 0.4) is 0 Å². The van der Waals surface area contributed by atoms with Crippen LogP contribution >= 0.6 is 0 Å². The average Bonchev–Trinajstić information content (AvgIpc) is 3.27. The van der Waals surface area contributed by atoms with Gasteiger partial charge in [-0.25, -0.2) is 18.0 Å². The molecule has 0 heterocycles. The lowest BCUT2D eigenvalue weighted by Crippen LogP contribution is -2.42. The van der Waals surface area contributed by atoms with E-state index in [4.69, 9.17) is 4.74 Å². The number of imide groups is 1. The molecule has 0 aliphatic heterocycles. The molecule has 1 aliphatic carbocycles. The van der Waals surface area contributed by atoms with Gasteiger partial charge in [0.2, 0.25) is 0 Å². The Morgan fingerprint density at radius 2 is 1.96 bits per heavy atom. The molecule has 0 bridgehead atoms. The Kier molecular flexibility index (Phi) is 5.55. The van der Waals surface area contributed by atoms with Gasteiger partial charge in [-0.1, -0.05) is 12.1 Å². The number of rotatable bonds is 6. The fraction of sp³-hybridized carbons (Fsp3) is 0.400. The second kappa shape index (κ2) is 7.43. The molecule has 1 fully saturated rings. The summed E-state index contributed by atoms with van der Waals surface area (Å²) < 4.78 is 27.4. The van der Waals surface area contributed by atoms with E-state index >= 15 is 0 Å². The van der Waals surface area contributed by atoms with Gasteiger partial charge in [-0.05, 0) is 30.5 Å². The van der Waals surface area contributed by atoms with Crippen molar-refractivity contribution in [3.05, 3.63) is 35.4 Å². The number of carbonyl (C=O) groups excluding carboxylic acids is 3. The molecule has 24 heavy (non-hydrogen) atoms.